The summed E-state index contributed by atoms with van der Waals surface area (Å²) in [4.78, 5) is 1.03. The number of rotatable bonds is 8. The molecule has 3 N–H and O–H groups in total. The molecule has 0 heterocycles. The third kappa shape index (κ3) is 7.44. The van der Waals surface area contributed by atoms with Gasteiger partial charge in [-0.2, -0.15) is 0 Å². The van der Waals surface area contributed by atoms with Gasteiger partial charge in [0.25, 0.3) is 0 Å². The van der Waals surface area contributed by atoms with Crippen molar-refractivity contribution < 1.29 is 8.42 Å². The highest BCUT2D eigenvalue weighted by Crippen LogP contribution is 2.19. The van der Waals surface area contributed by atoms with Gasteiger partial charge in [-0.3, -0.25) is 0 Å². The van der Waals surface area contributed by atoms with Gasteiger partial charge in [0.05, 0.1) is 5.75 Å². The molecule has 1 aromatic rings. The standard InChI is InChI=1S/C13H22N2O2S2/c1-11(2)7-8-15-19(16,17)10-9-18-13-5-3-12(14)4-6-13/h3-6,11,15H,7-10,14H2,1-2H3. The van der Waals surface area contributed by atoms with Crippen molar-refractivity contribution in [1.29, 1.82) is 0 Å². The Kier molecular flexibility index (Phi) is 6.68. The molecule has 0 spiro atoms. The molecule has 0 radical (unpaired) electrons. The molecule has 0 aromatic heterocycles. The highest BCUT2D eigenvalue weighted by molar-refractivity contribution is 8.00. The third-order valence-electron chi connectivity index (χ3n) is 2.54. The summed E-state index contributed by atoms with van der Waals surface area (Å²) in [5.41, 5.74) is 6.30. The predicted octanol–water partition coefficient (Wildman–Crippen LogP) is 2.33. The van der Waals surface area contributed by atoms with Crippen molar-refractivity contribution >= 4 is 27.5 Å². The van der Waals surface area contributed by atoms with E-state index in [0.717, 1.165) is 11.3 Å². The van der Waals surface area contributed by atoms with Crippen LogP contribution in [0, 0.1) is 5.92 Å². The summed E-state index contributed by atoms with van der Waals surface area (Å²) in [6.07, 6.45) is 0.865. The molecule has 6 heteroatoms. The fourth-order valence-electron chi connectivity index (χ4n) is 1.41. The van der Waals surface area contributed by atoms with Crippen molar-refractivity contribution in [2.45, 2.75) is 25.2 Å². The predicted molar refractivity (Wildman–Crippen MR) is 82.8 cm³/mol. The van der Waals surface area contributed by atoms with E-state index in [2.05, 4.69) is 18.6 Å². The second kappa shape index (κ2) is 7.77. The molecule has 1 aromatic carbocycles. The number of hydrogen-bond acceptors (Lipinski definition) is 4. The molecule has 0 bridgehead atoms. The van der Waals surface area contributed by atoms with Gasteiger partial charge in [0.2, 0.25) is 10.0 Å². The van der Waals surface area contributed by atoms with Gasteiger partial charge in [0.15, 0.2) is 0 Å². The summed E-state index contributed by atoms with van der Waals surface area (Å²) in [7, 11) is -3.15. The molecule has 0 aliphatic heterocycles. The number of sulfonamides is 1. The first-order chi connectivity index (χ1) is 8.89. The van der Waals surface area contributed by atoms with E-state index in [-0.39, 0.29) is 5.75 Å². The molecule has 19 heavy (non-hydrogen) atoms. The Morgan fingerprint density at radius 2 is 1.89 bits per heavy atom. The van der Waals surface area contributed by atoms with Crippen LogP contribution in [0.1, 0.15) is 20.3 Å². The molecule has 0 saturated carbocycles. The molecule has 0 amide bonds. The van der Waals surface area contributed by atoms with Crippen molar-refractivity contribution in [3.63, 3.8) is 0 Å². The Bertz CT molecular complexity index is 470. The van der Waals surface area contributed by atoms with E-state index in [1.54, 1.807) is 0 Å². The molecular weight excluding hydrogens is 280 g/mol. The van der Waals surface area contributed by atoms with Crippen LogP contribution in [0.25, 0.3) is 0 Å². The van der Waals surface area contributed by atoms with Crippen LogP contribution in [-0.2, 0) is 10.0 Å². The Hall–Kier alpha value is -0.720. The molecule has 0 atom stereocenters. The highest BCUT2D eigenvalue weighted by Gasteiger charge is 2.09. The number of hydrogen-bond donors (Lipinski definition) is 2. The van der Waals surface area contributed by atoms with E-state index in [0.29, 0.717) is 23.9 Å². The molecule has 108 valence electrons. The maximum Gasteiger partial charge on any atom is 0.212 e. The van der Waals surface area contributed by atoms with Gasteiger partial charge in [-0.15, -0.1) is 11.8 Å². The lowest BCUT2D eigenvalue weighted by Crippen LogP contribution is -2.28. The van der Waals surface area contributed by atoms with Gasteiger partial charge in [0.1, 0.15) is 0 Å². The fourth-order valence-corrected chi connectivity index (χ4v) is 3.76. The molecule has 0 aliphatic rings. The van der Waals surface area contributed by atoms with E-state index in [1.165, 1.54) is 11.8 Å². The minimum atomic E-state index is -3.15. The fraction of sp³-hybridized carbons (Fsp3) is 0.538. The van der Waals surface area contributed by atoms with E-state index in [4.69, 9.17) is 5.73 Å². The molecule has 0 aliphatic carbocycles. The maximum atomic E-state index is 11.7. The number of nitrogens with two attached hydrogens (primary N) is 1. The summed E-state index contributed by atoms with van der Waals surface area (Å²) in [6.45, 7) is 4.67. The lowest BCUT2D eigenvalue weighted by molar-refractivity contribution is 0.552. The van der Waals surface area contributed by atoms with Crippen LogP contribution in [-0.4, -0.2) is 26.5 Å². The first-order valence-corrected chi connectivity index (χ1v) is 8.98. The lowest BCUT2D eigenvalue weighted by Gasteiger charge is -2.08. The van der Waals surface area contributed by atoms with Gasteiger partial charge in [0, 0.05) is 22.9 Å². The van der Waals surface area contributed by atoms with E-state index >= 15 is 0 Å². The maximum absolute atomic E-state index is 11.7. The van der Waals surface area contributed by atoms with Crippen LogP contribution < -0.4 is 10.5 Å². The van der Waals surface area contributed by atoms with Crippen LogP contribution in [0.3, 0.4) is 0 Å². The SMILES string of the molecule is CC(C)CCNS(=O)(=O)CCSc1ccc(N)cc1. The number of thioether (sulfide) groups is 1. The van der Waals surface area contributed by atoms with Gasteiger partial charge < -0.3 is 5.73 Å². The van der Waals surface area contributed by atoms with Crippen molar-refractivity contribution in [3.8, 4) is 0 Å². The van der Waals surface area contributed by atoms with Crippen molar-refractivity contribution in [2.75, 3.05) is 23.8 Å². The summed E-state index contributed by atoms with van der Waals surface area (Å²) in [5, 5.41) is 0. The van der Waals surface area contributed by atoms with E-state index in [9.17, 15) is 8.42 Å². The smallest absolute Gasteiger partial charge is 0.212 e. The van der Waals surface area contributed by atoms with Crippen molar-refractivity contribution in [2.24, 2.45) is 5.92 Å². The molecule has 1 rings (SSSR count). The second-order valence-electron chi connectivity index (χ2n) is 4.81. The Morgan fingerprint density at radius 3 is 2.47 bits per heavy atom. The van der Waals surface area contributed by atoms with Gasteiger partial charge >= 0.3 is 0 Å². The summed E-state index contributed by atoms with van der Waals surface area (Å²) in [5.74, 6) is 1.19. The third-order valence-corrected chi connectivity index (χ3v) is 5.20. The summed E-state index contributed by atoms with van der Waals surface area (Å²) < 4.78 is 26.0. The molecule has 0 unspecified atom stereocenters. The Labute approximate surface area is 120 Å². The number of nitrogen functional groups attached to an aromatic ring is 1. The zero-order chi connectivity index (χ0) is 14.3. The summed E-state index contributed by atoms with van der Waals surface area (Å²) >= 11 is 1.52. The zero-order valence-electron chi connectivity index (χ0n) is 11.4. The van der Waals surface area contributed by atoms with Gasteiger partial charge in [-0.1, -0.05) is 13.8 Å². The van der Waals surface area contributed by atoms with Gasteiger partial charge in [-0.05, 0) is 36.6 Å². The average molecular weight is 302 g/mol. The minimum Gasteiger partial charge on any atom is -0.399 e. The van der Waals surface area contributed by atoms with Crippen molar-refractivity contribution in [1.82, 2.24) is 4.72 Å². The molecule has 4 nitrogen and oxygen atoms in total. The topological polar surface area (TPSA) is 72.2 Å². The van der Waals surface area contributed by atoms with Crippen LogP contribution in [0.5, 0.6) is 0 Å². The normalized spacial score (nSPS) is 11.9. The first kappa shape index (κ1) is 16.3. The van der Waals surface area contributed by atoms with Crippen molar-refractivity contribution in [3.05, 3.63) is 24.3 Å². The van der Waals surface area contributed by atoms with Crippen LogP contribution in [0.4, 0.5) is 5.69 Å². The Morgan fingerprint density at radius 1 is 1.26 bits per heavy atom. The quantitative estimate of drug-likeness (QED) is 0.571. The monoisotopic (exact) mass is 302 g/mol. The number of nitrogens with one attached hydrogen (secondary N) is 1. The molecule has 0 fully saturated rings. The highest BCUT2D eigenvalue weighted by atomic mass is 32.2. The van der Waals surface area contributed by atoms with E-state index in [1.807, 2.05) is 24.3 Å². The molecule has 0 saturated heterocycles. The molecular formula is C13H22N2O2S2. The Balaban J connectivity index is 2.29. The number of anilines is 1. The largest absolute Gasteiger partial charge is 0.399 e. The number of benzene rings is 1. The summed E-state index contributed by atoms with van der Waals surface area (Å²) in [6, 6.07) is 7.44. The lowest BCUT2D eigenvalue weighted by atomic mass is 10.1. The minimum absolute atomic E-state index is 0.139. The average Bonchev–Trinajstić information content (AvgIpc) is 2.30. The van der Waals surface area contributed by atoms with E-state index < -0.39 is 10.0 Å². The second-order valence-corrected chi connectivity index (χ2v) is 7.91. The first-order valence-electron chi connectivity index (χ1n) is 6.35. The van der Waals surface area contributed by atoms with Crippen LogP contribution in [0.2, 0.25) is 0 Å². The van der Waals surface area contributed by atoms with Crippen LogP contribution in [0.15, 0.2) is 29.2 Å². The zero-order valence-corrected chi connectivity index (χ0v) is 13.1. The van der Waals surface area contributed by atoms with Crippen LogP contribution >= 0.6 is 11.8 Å². The van der Waals surface area contributed by atoms with Gasteiger partial charge in [-0.25, -0.2) is 13.1 Å².